The number of terminal acetylenes is 1. The molecule has 5 heteroatoms. The first kappa shape index (κ1) is 19.9. The van der Waals surface area contributed by atoms with Crippen LogP contribution in [0, 0.1) is 19.3 Å². The second-order valence-electron chi connectivity index (χ2n) is 7.50. The predicted octanol–water partition coefficient (Wildman–Crippen LogP) is 5.60. The van der Waals surface area contributed by atoms with Crippen LogP contribution in [-0.2, 0) is 6.54 Å². The van der Waals surface area contributed by atoms with Crippen molar-refractivity contribution < 1.29 is 4.79 Å². The average Bonchev–Trinajstić information content (AvgIpc) is 3.15. The summed E-state index contributed by atoms with van der Waals surface area (Å²) in [5, 5.41) is 0.779. The van der Waals surface area contributed by atoms with E-state index in [-0.39, 0.29) is 5.91 Å². The maximum absolute atomic E-state index is 13.5. The topological polar surface area (TPSA) is 47.2 Å². The standard InChI is InChI=1S/C27H19N3OS/c1-3-15-30-24-14-13-18(2)16-25(24)32-27(30)29-26(31)21-17-23(19-9-5-4-6-10-19)28-22-12-8-7-11-20(21)22/h1,4-14,16-17H,15H2,2H3. The van der Waals surface area contributed by atoms with E-state index in [1.165, 1.54) is 11.3 Å². The van der Waals surface area contributed by atoms with Crippen LogP contribution in [0.1, 0.15) is 15.9 Å². The van der Waals surface area contributed by atoms with Crippen molar-refractivity contribution in [1.29, 1.82) is 0 Å². The van der Waals surface area contributed by atoms with E-state index in [4.69, 9.17) is 11.4 Å². The molecule has 2 heterocycles. The van der Waals surface area contributed by atoms with Crippen molar-refractivity contribution in [2.45, 2.75) is 13.5 Å². The fourth-order valence-corrected chi connectivity index (χ4v) is 4.89. The van der Waals surface area contributed by atoms with Crippen LogP contribution in [0.25, 0.3) is 32.4 Å². The average molecular weight is 434 g/mol. The Morgan fingerprint density at radius 1 is 1.06 bits per heavy atom. The lowest BCUT2D eigenvalue weighted by Gasteiger charge is -2.07. The summed E-state index contributed by atoms with van der Waals surface area (Å²) in [5.41, 5.74) is 5.11. The quantitative estimate of drug-likeness (QED) is 0.348. The van der Waals surface area contributed by atoms with E-state index in [0.717, 1.165) is 37.9 Å². The summed E-state index contributed by atoms with van der Waals surface area (Å²) in [6.45, 7) is 2.39. The van der Waals surface area contributed by atoms with Gasteiger partial charge in [-0.1, -0.05) is 71.9 Å². The number of para-hydroxylation sites is 1. The second-order valence-corrected chi connectivity index (χ2v) is 8.51. The first-order valence-electron chi connectivity index (χ1n) is 10.2. The molecule has 0 aliphatic rings. The Morgan fingerprint density at radius 2 is 1.84 bits per heavy atom. The molecule has 32 heavy (non-hydrogen) atoms. The molecule has 4 nitrogen and oxygen atoms in total. The number of fused-ring (bicyclic) bond motifs is 2. The zero-order chi connectivity index (χ0) is 22.1. The molecule has 0 saturated heterocycles. The van der Waals surface area contributed by atoms with Crippen LogP contribution in [-0.4, -0.2) is 15.5 Å². The third-order valence-electron chi connectivity index (χ3n) is 5.30. The fraction of sp³-hybridized carbons (Fsp3) is 0.0741. The highest BCUT2D eigenvalue weighted by Gasteiger charge is 2.15. The number of amides is 1. The molecule has 1 amide bonds. The molecule has 154 valence electrons. The van der Waals surface area contributed by atoms with E-state index in [0.29, 0.717) is 16.9 Å². The summed E-state index contributed by atoms with van der Waals surface area (Å²) in [6, 6.07) is 25.5. The molecule has 0 atom stereocenters. The van der Waals surface area contributed by atoms with Crippen LogP contribution < -0.4 is 4.80 Å². The third-order valence-corrected chi connectivity index (χ3v) is 6.34. The van der Waals surface area contributed by atoms with Crippen LogP contribution in [0.2, 0.25) is 0 Å². The van der Waals surface area contributed by atoms with Gasteiger partial charge >= 0.3 is 0 Å². The van der Waals surface area contributed by atoms with E-state index in [9.17, 15) is 4.79 Å². The Hall–Kier alpha value is -4.01. The fourth-order valence-electron chi connectivity index (χ4n) is 3.77. The van der Waals surface area contributed by atoms with Crippen molar-refractivity contribution in [3.05, 3.63) is 94.8 Å². The maximum Gasteiger partial charge on any atom is 0.280 e. The molecule has 0 aliphatic heterocycles. The Morgan fingerprint density at radius 3 is 2.66 bits per heavy atom. The number of benzene rings is 3. The highest BCUT2D eigenvalue weighted by Crippen LogP contribution is 2.25. The number of thiazole rings is 1. The summed E-state index contributed by atoms with van der Waals surface area (Å²) in [5.74, 6) is 2.37. The van der Waals surface area contributed by atoms with Gasteiger partial charge in [0.05, 0.1) is 33.5 Å². The molecule has 2 aromatic heterocycles. The number of carbonyl (C=O) groups is 1. The van der Waals surface area contributed by atoms with Crippen molar-refractivity contribution in [3.63, 3.8) is 0 Å². The van der Waals surface area contributed by atoms with Crippen molar-refractivity contribution in [2.24, 2.45) is 4.99 Å². The molecular weight excluding hydrogens is 414 g/mol. The SMILES string of the molecule is C#CCn1c(=NC(=O)c2cc(-c3ccccc3)nc3ccccc23)sc2cc(C)ccc21. The number of pyridine rings is 1. The van der Waals surface area contributed by atoms with Crippen LogP contribution >= 0.6 is 11.3 Å². The van der Waals surface area contributed by atoms with Gasteiger partial charge in [-0.2, -0.15) is 4.99 Å². The number of hydrogen-bond donors (Lipinski definition) is 0. The minimum Gasteiger partial charge on any atom is -0.305 e. The van der Waals surface area contributed by atoms with Crippen molar-refractivity contribution >= 4 is 38.4 Å². The van der Waals surface area contributed by atoms with Gasteiger partial charge in [0, 0.05) is 10.9 Å². The molecule has 0 aliphatic carbocycles. The first-order valence-corrected chi connectivity index (χ1v) is 11.0. The zero-order valence-corrected chi connectivity index (χ0v) is 18.3. The molecule has 0 N–H and O–H groups in total. The minimum absolute atomic E-state index is 0.310. The molecule has 5 rings (SSSR count). The van der Waals surface area contributed by atoms with Gasteiger partial charge in [0.15, 0.2) is 4.80 Å². The number of rotatable bonds is 3. The molecule has 0 saturated carbocycles. The monoisotopic (exact) mass is 433 g/mol. The van der Waals surface area contributed by atoms with Gasteiger partial charge in [0.2, 0.25) is 0 Å². The number of aryl methyl sites for hydroxylation is 1. The number of carbonyl (C=O) groups excluding carboxylic acids is 1. The molecule has 3 aromatic carbocycles. The summed E-state index contributed by atoms with van der Waals surface area (Å²) >= 11 is 1.47. The highest BCUT2D eigenvalue weighted by molar-refractivity contribution is 7.16. The van der Waals surface area contributed by atoms with Gasteiger partial charge in [-0.25, -0.2) is 4.98 Å². The Kier molecular flexibility index (Phi) is 5.14. The minimum atomic E-state index is -0.310. The largest absolute Gasteiger partial charge is 0.305 e. The summed E-state index contributed by atoms with van der Waals surface area (Å²) in [4.78, 5) is 23.3. The molecule has 0 unspecified atom stereocenters. The lowest BCUT2D eigenvalue weighted by molar-refractivity contribution is 0.0999. The van der Waals surface area contributed by atoms with E-state index in [1.54, 1.807) is 0 Å². The van der Waals surface area contributed by atoms with Gasteiger partial charge in [-0.05, 0) is 36.8 Å². The van der Waals surface area contributed by atoms with Gasteiger partial charge < -0.3 is 4.57 Å². The zero-order valence-electron chi connectivity index (χ0n) is 17.4. The van der Waals surface area contributed by atoms with Crippen LogP contribution in [0.15, 0.2) is 83.9 Å². The summed E-state index contributed by atoms with van der Waals surface area (Å²) in [6.07, 6.45) is 5.61. The molecule has 0 spiro atoms. The molecule has 0 fully saturated rings. The van der Waals surface area contributed by atoms with E-state index in [1.807, 2.05) is 84.3 Å². The first-order chi connectivity index (χ1) is 15.6. The Balaban J connectivity index is 1.72. The highest BCUT2D eigenvalue weighted by atomic mass is 32.1. The van der Waals surface area contributed by atoms with Gasteiger partial charge in [0.25, 0.3) is 5.91 Å². The maximum atomic E-state index is 13.5. The van der Waals surface area contributed by atoms with E-state index < -0.39 is 0 Å². The van der Waals surface area contributed by atoms with Gasteiger partial charge in [-0.3, -0.25) is 4.79 Å². The van der Waals surface area contributed by atoms with Crippen LogP contribution in [0.5, 0.6) is 0 Å². The van der Waals surface area contributed by atoms with Gasteiger partial charge in [0.1, 0.15) is 0 Å². The number of aromatic nitrogens is 2. The van der Waals surface area contributed by atoms with Crippen molar-refractivity contribution in [1.82, 2.24) is 9.55 Å². The normalized spacial score (nSPS) is 11.7. The summed E-state index contributed by atoms with van der Waals surface area (Å²) in [7, 11) is 0. The lowest BCUT2D eigenvalue weighted by Crippen LogP contribution is -2.16. The van der Waals surface area contributed by atoms with Crippen LogP contribution in [0.3, 0.4) is 0 Å². The summed E-state index contributed by atoms with van der Waals surface area (Å²) < 4.78 is 2.97. The van der Waals surface area contributed by atoms with Gasteiger partial charge in [-0.15, -0.1) is 6.42 Å². The number of hydrogen-bond acceptors (Lipinski definition) is 3. The molecule has 0 bridgehead atoms. The Labute approximate surface area is 189 Å². The molecule has 0 radical (unpaired) electrons. The predicted molar refractivity (Wildman–Crippen MR) is 130 cm³/mol. The van der Waals surface area contributed by atoms with E-state index >= 15 is 0 Å². The van der Waals surface area contributed by atoms with Crippen molar-refractivity contribution in [3.8, 4) is 23.6 Å². The molecule has 5 aromatic rings. The van der Waals surface area contributed by atoms with E-state index in [2.05, 4.69) is 17.0 Å². The molecular formula is C27H19N3OS. The lowest BCUT2D eigenvalue weighted by atomic mass is 10.0. The smallest absolute Gasteiger partial charge is 0.280 e. The second kappa shape index (κ2) is 8.26. The third kappa shape index (κ3) is 3.62. The number of nitrogens with zero attached hydrogens (tertiary/aromatic N) is 3. The van der Waals surface area contributed by atoms with Crippen LogP contribution in [0.4, 0.5) is 0 Å². The Bertz CT molecular complexity index is 1590. The van der Waals surface area contributed by atoms with Crippen molar-refractivity contribution in [2.75, 3.05) is 0 Å².